The molecule has 1 aliphatic rings. The molecule has 16 heavy (non-hydrogen) atoms. The van der Waals surface area contributed by atoms with E-state index < -0.39 is 11.5 Å². The van der Waals surface area contributed by atoms with E-state index in [0.29, 0.717) is 5.56 Å². The van der Waals surface area contributed by atoms with Crippen molar-refractivity contribution in [2.45, 2.75) is 19.4 Å². The normalized spacial score (nSPS) is 23.9. The molecule has 0 radical (unpaired) electrons. The molecule has 1 aromatic carbocycles. The van der Waals surface area contributed by atoms with E-state index in [-0.39, 0.29) is 11.7 Å². The van der Waals surface area contributed by atoms with Crippen LogP contribution in [0.5, 0.6) is 0 Å². The summed E-state index contributed by atoms with van der Waals surface area (Å²) in [5.74, 6) is -0.672. The van der Waals surface area contributed by atoms with Gasteiger partial charge in [0.15, 0.2) is 5.78 Å². The van der Waals surface area contributed by atoms with Crippen LogP contribution in [0, 0.1) is 0 Å². The van der Waals surface area contributed by atoms with Gasteiger partial charge in [0, 0.05) is 5.56 Å². The Balaban J connectivity index is 2.34. The highest BCUT2D eigenvalue weighted by molar-refractivity contribution is 6.18. The summed E-state index contributed by atoms with van der Waals surface area (Å²) in [7, 11) is 0. The van der Waals surface area contributed by atoms with Crippen LogP contribution in [0.4, 0.5) is 0 Å². The monoisotopic (exact) mass is 217 g/mol. The number of hydrogen-bond donors (Lipinski definition) is 0. The van der Waals surface area contributed by atoms with Gasteiger partial charge in [0.05, 0.1) is 0 Å². The van der Waals surface area contributed by atoms with Crippen molar-refractivity contribution in [2.75, 3.05) is 0 Å². The minimum Gasteiger partial charge on any atom is -0.452 e. The fourth-order valence-electron chi connectivity index (χ4n) is 1.39. The lowest BCUT2D eigenvalue weighted by molar-refractivity contribution is -0.142. The van der Waals surface area contributed by atoms with Gasteiger partial charge in [-0.05, 0) is 26.0 Å². The molecule has 1 heterocycles. The van der Waals surface area contributed by atoms with E-state index in [1.54, 1.807) is 12.1 Å². The quantitative estimate of drug-likeness (QED) is 0.702. The second kappa shape index (κ2) is 3.56. The van der Waals surface area contributed by atoms with Crippen LogP contribution >= 0.6 is 0 Å². The van der Waals surface area contributed by atoms with Crippen molar-refractivity contribution in [3.63, 3.8) is 0 Å². The summed E-state index contributed by atoms with van der Waals surface area (Å²) >= 11 is 0. The zero-order valence-electron chi connectivity index (χ0n) is 9.06. The molecule has 2 rings (SSSR count). The van der Waals surface area contributed by atoms with E-state index in [2.05, 4.69) is 4.99 Å². The zero-order valence-corrected chi connectivity index (χ0v) is 9.06. The van der Waals surface area contributed by atoms with Crippen LogP contribution in [0.2, 0.25) is 0 Å². The minimum absolute atomic E-state index is 0.211. The predicted molar refractivity (Wildman–Crippen MR) is 58.2 cm³/mol. The molecule has 0 saturated carbocycles. The highest BCUT2D eigenvalue weighted by Gasteiger charge is 2.46. The second-order valence-electron chi connectivity index (χ2n) is 3.78. The van der Waals surface area contributed by atoms with Gasteiger partial charge in [-0.25, -0.2) is 0 Å². The number of ketones is 1. The van der Waals surface area contributed by atoms with E-state index in [9.17, 15) is 9.59 Å². The summed E-state index contributed by atoms with van der Waals surface area (Å²) < 4.78 is 5.36. The first kappa shape index (κ1) is 10.5. The van der Waals surface area contributed by atoms with Crippen molar-refractivity contribution >= 4 is 17.6 Å². The van der Waals surface area contributed by atoms with Crippen molar-refractivity contribution < 1.29 is 14.3 Å². The first-order chi connectivity index (χ1) is 7.54. The highest BCUT2D eigenvalue weighted by Crippen LogP contribution is 2.23. The molecule has 0 spiro atoms. The average molecular weight is 217 g/mol. The molecule has 0 bridgehead atoms. The number of carbonyl (C=O) groups excluding carboxylic acids is 2. The number of amides is 1. The molecule has 0 fully saturated rings. The Morgan fingerprint density at radius 1 is 1.31 bits per heavy atom. The summed E-state index contributed by atoms with van der Waals surface area (Å²) in [6.07, 6.45) is 0. The van der Waals surface area contributed by atoms with Gasteiger partial charge in [-0.2, -0.15) is 4.99 Å². The molecule has 4 nitrogen and oxygen atoms in total. The molecule has 0 aliphatic carbocycles. The molecule has 1 unspecified atom stereocenters. The maximum Gasteiger partial charge on any atom is 0.300 e. The van der Waals surface area contributed by atoms with Crippen LogP contribution in [0.15, 0.2) is 35.3 Å². The van der Waals surface area contributed by atoms with Crippen LogP contribution in [-0.4, -0.2) is 23.2 Å². The Morgan fingerprint density at radius 3 is 2.44 bits per heavy atom. The number of aliphatic imine (C=N–C) groups is 1. The fourth-order valence-corrected chi connectivity index (χ4v) is 1.39. The van der Waals surface area contributed by atoms with Crippen molar-refractivity contribution in [3.8, 4) is 0 Å². The SMILES string of the molecule is CC(=O)C1(C)OC(c2ccccc2)=NC1=O. The number of hydrogen-bond acceptors (Lipinski definition) is 3. The van der Waals surface area contributed by atoms with E-state index in [1.165, 1.54) is 13.8 Å². The summed E-state index contributed by atoms with van der Waals surface area (Å²) in [6, 6.07) is 9.03. The number of carbonyl (C=O) groups is 2. The lowest BCUT2D eigenvalue weighted by atomic mass is 10.0. The Kier molecular flexibility index (Phi) is 2.34. The lowest BCUT2D eigenvalue weighted by Crippen LogP contribution is -2.41. The van der Waals surface area contributed by atoms with E-state index in [0.717, 1.165) is 0 Å². The van der Waals surface area contributed by atoms with Gasteiger partial charge in [-0.15, -0.1) is 0 Å². The molecular formula is C12H11NO3. The molecule has 4 heteroatoms. The smallest absolute Gasteiger partial charge is 0.300 e. The van der Waals surface area contributed by atoms with Gasteiger partial charge in [-0.1, -0.05) is 18.2 Å². The maximum absolute atomic E-state index is 11.6. The third kappa shape index (κ3) is 1.52. The number of Topliss-reactive ketones (excluding diaryl/α,β-unsaturated/α-hetero) is 1. The van der Waals surface area contributed by atoms with Gasteiger partial charge in [0.25, 0.3) is 0 Å². The van der Waals surface area contributed by atoms with Crippen LogP contribution in [0.25, 0.3) is 0 Å². The number of benzene rings is 1. The highest BCUT2D eigenvalue weighted by atomic mass is 16.5. The van der Waals surface area contributed by atoms with Crippen molar-refractivity contribution in [1.29, 1.82) is 0 Å². The average Bonchev–Trinajstić information content (AvgIpc) is 2.58. The van der Waals surface area contributed by atoms with Crippen molar-refractivity contribution in [1.82, 2.24) is 0 Å². The first-order valence-corrected chi connectivity index (χ1v) is 4.92. The topological polar surface area (TPSA) is 55.7 Å². The third-order valence-corrected chi connectivity index (χ3v) is 2.60. The zero-order chi connectivity index (χ0) is 11.8. The van der Waals surface area contributed by atoms with Gasteiger partial charge < -0.3 is 4.74 Å². The fraction of sp³-hybridized carbons (Fsp3) is 0.250. The Morgan fingerprint density at radius 2 is 1.94 bits per heavy atom. The lowest BCUT2D eigenvalue weighted by Gasteiger charge is -2.17. The Hall–Kier alpha value is -1.97. The molecule has 82 valence electrons. The van der Waals surface area contributed by atoms with Crippen LogP contribution in [0.3, 0.4) is 0 Å². The molecule has 1 aliphatic heterocycles. The van der Waals surface area contributed by atoms with E-state index in [4.69, 9.17) is 4.74 Å². The van der Waals surface area contributed by atoms with Gasteiger partial charge in [-0.3, -0.25) is 9.59 Å². The van der Waals surface area contributed by atoms with Crippen LogP contribution in [0.1, 0.15) is 19.4 Å². The number of rotatable bonds is 2. The van der Waals surface area contributed by atoms with Gasteiger partial charge in [0.1, 0.15) is 0 Å². The third-order valence-electron chi connectivity index (χ3n) is 2.60. The van der Waals surface area contributed by atoms with E-state index in [1.807, 2.05) is 18.2 Å². The maximum atomic E-state index is 11.6. The molecule has 0 saturated heterocycles. The Bertz CT molecular complexity index is 478. The first-order valence-electron chi connectivity index (χ1n) is 4.92. The van der Waals surface area contributed by atoms with E-state index >= 15 is 0 Å². The molecular weight excluding hydrogens is 206 g/mol. The summed E-state index contributed by atoms with van der Waals surface area (Å²) in [6.45, 7) is 2.76. The number of ether oxygens (including phenoxy) is 1. The van der Waals surface area contributed by atoms with Crippen molar-refractivity contribution in [2.24, 2.45) is 4.99 Å². The standard InChI is InChI=1S/C12H11NO3/c1-8(14)12(2)11(15)13-10(16-12)9-6-4-3-5-7-9/h3-7H,1-2H3. The van der Waals surface area contributed by atoms with Crippen molar-refractivity contribution in [3.05, 3.63) is 35.9 Å². The predicted octanol–water partition coefficient (Wildman–Crippen LogP) is 1.34. The number of nitrogens with zero attached hydrogens (tertiary/aromatic N) is 1. The summed E-state index contributed by atoms with van der Waals surface area (Å²) in [4.78, 5) is 26.7. The summed E-state index contributed by atoms with van der Waals surface area (Å²) in [5, 5.41) is 0. The minimum atomic E-state index is -1.45. The van der Waals surface area contributed by atoms with Gasteiger partial charge in [0.2, 0.25) is 11.5 Å². The molecule has 1 amide bonds. The molecule has 0 N–H and O–H groups in total. The molecule has 0 aromatic heterocycles. The van der Waals surface area contributed by atoms with Crippen LogP contribution < -0.4 is 0 Å². The Labute approximate surface area is 92.9 Å². The molecule has 1 aromatic rings. The largest absolute Gasteiger partial charge is 0.452 e. The summed E-state index contributed by atoms with van der Waals surface area (Å²) in [5.41, 5.74) is -0.758. The second-order valence-corrected chi connectivity index (χ2v) is 3.78. The van der Waals surface area contributed by atoms with Crippen LogP contribution in [-0.2, 0) is 14.3 Å². The molecule has 1 atom stereocenters. The van der Waals surface area contributed by atoms with Gasteiger partial charge >= 0.3 is 5.91 Å².